The second-order valence-electron chi connectivity index (χ2n) is 2.93. The molecule has 14 heavy (non-hydrogen) atoms. The van der Waals surface area contributed by atoms with E-state index in [1.165, 1.54) is 0 Å². The Hall–Kier alpha value is -0.640. The Kier molecular flexibility index (Phi) is 4.32. The average molecular weight is 264 g/mol. The Bertz CT molecular complexity index is 274. The van der Waals surface area contributed by atoms with Gasteiger partial charge < -0.3 is 4.74 Å². The van der Waals surface area contributed by atoms with Crippen molar-refractivity contribution in [2.75, 3.05) is 0 Å². The van der Waals surface area contributed by atoms with E-state index in [0.717, 1.165) is 4.47 Å². The molecule has 0 aliphatic heterocycles. The lowest BCUT2D eigenvalue weighted by atomic mass is 10.3. The van der Waals surface area contributed by atoms with Gasteiger partial charge in [-0.2, -0.15) is 8.78 Å². The van der Waals surface area contributed by atoms with Crippen molar-refractivity contribution >= 4 is 15.9 Å². The molecule has 0 N–H and O–H groups in total. The van der Waals surface area contributed by atoms with Crippen LogP contribution in [0.5, 0.6) is 5.75 Å². The summed E-state index contributed by atoms with van der Waals surface area (Å²) in [7, 11) is 0. The van der Waals surface area contributed by atoms with Gasteiger partial charge >= 0.3 is 6.43 Å². The molecule has 1 atom stereocenters. The third-order valence-electron chi connectivity index (χ3n) is 1.59. The molecule has 1 rings (SSSR count). The van der Waals surface area contributed by atoms with Crippen LogP contribution in [-0.4, -0.2) is 6.10 Å². The standard InChI is InChI=1S/C10H10BrF2O/c1-7(6-10(12)13)14-9-4-2-8(11)3-5-9/h2-5,7H,6H2,1H3. The summed E-state index contributed by atoms with van der Waals surface area (Å²) < 4.78 is 30.0. The monoisotopic (exact) mass is 263 g/mol. The van der Waals surface area contributed by atoms with Crippen LogP contribution in [0.3, 0.4) is 0 Å². The normalized spacial score (nSPS) is 12.9. The van der Waals surface area contributed by atoms with Crippen LogP contribution in [0.25, 0.3) is 0 Å². The van der Waals surface area contributed by atoms with E-state index in [9.17, 15) is 8.78 Å². The van der Waals surface area contributed by atoms with Crippen LogP contribution in [0.1, 0.15) is 13.3 Å². The van der Waals surface area contributed by atoms with E-state index in [1.807, 2.05) is 0 Å². The molecule has 77 valence electrons. The average Bonchev–Trinajstić information content (AvgIpc) is 2.07. The second kappa shape index (κ2) is 5.29. The van der Waals surface area contributed by atoms with Crippen molar-refractivity contribution in [1.82, 2.24) is 0 Å². The minimum absolute atomic E-state index is 0.323. The van der Waals surface area contributed by atoms with Crippen LogP contribution < -0.4 is 4.74 Å². The quantitative estimate of drug-likeness (QED) is 0.797. The van der Waals surface area contributed by atoms with Crippen LogP contribution in [0, 0.1) is 6.43 Å². The molecule has 0 amide bonds. The van der Waals surface area contributed by atoms with Crippen molar-refractivity contribution in [2.45, 2.75) is 19.4 Å². The number of hydrogen-bond acceptors (Lipinski definition) is 1. The van der Waals surface area contributed by atoms with Crippen LogP contribution in [0.15, 0.2) is 28.7 Å². The summed E-state index contributed by atoms with van der Waals surface area (Å²) in [5.41, 5.74) is 0. The van der Waals surface area contributed by atoms with Crippen LogP contribution in [-0.2, 0) is 0 Å². The number of hydrogen-bond donors (Lipinski definition) is 0. The number of ether oxygens (including phenoxy) is 1. The second-order valence-corrected chi connectivity index (χ2v) is 3.84. The number of halogens is 3. The lowest BCUT2D eigenvalue weighted by Gasteiger charge is -2.13. The van der Waals surface area contributed by atoms with E-state index in [2.05, 4.69) is 15.9 Å². The molecule has 0 aliphatic rings. The van der Waals surface area contributed by atoms with E-state index in [-0.39, 0.29) is 6.42 Å². The van der Waals surface area contributed by atoms with Gasteiger partial charge in [0, 0.05) is 4.47 Å². The highest BCUT2D eigenvalue weighted by Gasteiger charge is 2.13. The molecule has 0 heterocycles. The molecular formula is C10H10BrF2O. The number of benzene rings is 1. The molecule has 0 aliphatic carbocycles. The predicted octanol–water partition coefficient (Wildman–Crippen LogP) is 4.03. The van der Waals surface area contributed by atoms with Gasteiger partial charge in [0.1, 0.15) is 11.9 Å². The van der Waals surface area contributed by atoms with Crippen LogP contribution in [0.4, 0.5) is 8.78 Å². The molecular weight excluding hydrogens is 254 g/mol. The summed E-state index contributed by atoms with van der Waals surface area (Å²) in [5, 5.41) is 0. The zero-order valence-electron chi connectivity index (χ0n) is 7.64. The summed E-state index contributed by atoms with van der Waals surface area (Å²) in [5.74, 6) is 0.599. The first-order chi connectivity index (χ1) is 6.58. The maximum absolute atomic E-state index is 11.9. The summed E-state index contributed by atoms with van der Waals surface area (Å²) in [4.78, 5) is 0. The smallest absolute Gasteiger partial charge is 0.313 e. The fraction of sp³-hybridized carbons (Fsp3) is 0.300. The van der Waals surface area contributed by atoms with Gasteiger partial charge in [-0.1, -0.05) is 15.9 Å². The van der Waals surface area contributed by atoms with Gasteiger partial charge in [-0.15, -0.1) is 0 Å². The molecule has 1 radical (unpaired) electrons. The Morgan fingerprint density at radius 1 is 1.36 bits per heavy atom. The summed E-state index contributed by atoms with van der Waals surface area (Å²) in [6, 6.07) is 7.07. The Morgan fingerprint density at radius 2 is 1.93 bits per heavy atom. The van der Waals surface area contributed by atoms with Gasteiger partial charge in [-0.25, -0.2) is 0 Å². The minimum atomic E-state index is -1.60. The molecule has 1 aromatic rings. The van der Waals surface area contributed by atoms with E-state index >= 15 is 0 Å². The molecule has 0 saturated carbocycles. The van der Waals surface area contributed by atoms with Crippen molar-refractivity contribution < 1.29 is 13.5 Å². The highest BCUT2D eigenvalue weighted by atomic mass is 79.9. The van der Waals surface area contributed by atoms with E-state index in [0.29, 0.717) is 5.75 Å². The van der Waals surface area contributed by atoms with Gasteiger partial charge in [0.2, 0.25) is 0 Å². The highest BCUT2D eigenvalue weighted by Crippen LogP contribution is 2.20. The van der Waals surface area contributed by atoms with E-state index < -0.39 is 12.5 Å². The molecule has 0 aromatic heterocycles. The predicted molar refractivity (Wildman–Crippen MR) is 54.3 cm³/mol. The van der Waals surface area contributed by atoms with Crippen LogP contribution >= 0.6 is 15.9 Å². The molecule has 1 unspecified atom stereocenters. The molecule has 4 heteroatoms. The summed E-state index contributed by atoms with van der Waals surface area (Å²) in [6.07, 6.45) is -2.42. The lowest BCUT2D eigenvalue weighted by Crippen LogP contribution is -2.12. The first kappa shape index (κ1) is 11.4. The van der Waals surface area contributed by atoms with E-state index in [4.69, 9.17) is 4.74 Å². The van der Waals surface area contributed by atoms with Gasteiger partial charge in [-0.05, 0) is 31.2 Å². The van der Waals surface area contributed by atoms with Gasteiger partial charge in [0.05, 0.1) is 6.42 Å². The van der Waals surface area contributed by atoms with Crippen molar-refractivity contribution in [2.24, 2.45) is 0 Å². The van der Waals surface area contributed by atoms with Gasteiger partial charge in [0.15, 0.2) is 0 Å². The van der Waals surface area contributed by atoms with E-state index in [1.54, 1.807) is 31.2 Å². The summed E-state index contributed by atoms with van der Waals surface area (Å²) >= 11 is 3.27. The Morgan fingerprint density at radius 3 is 2.43 bits per heavy atom. The Labute approximate surface area is 90.2 Å². The lowest BCUT2D eigenvalue weighted by molar-refractivity contribution is 0.159. The van der Waals surface area contributed by atoms with Crippen LogP contribution in [0.2, 0.25) is 0 Å². The molecule has 1 nitrogen and oxygen atoms in total. The molecule has 0 spiro atoms. The van der Waals surface area contributed by atoms with Crippen molar-refractivity contribution in [3.8, 4) is 5.75 Å². The maximum atomic E-state index is 11.9. The van der Waals surface area contributed by atoms with Crippen molar-refractivity contribution in [3.05, 3.63) is 35.2 Å². The summed E-state index contributed by atoms with van der Waals surface area (Å²) in [6.45, 7) is 1.61. The third kappa shape index (κ3) is 4.05. The molecule has 0 bridgehead atoms. The first-order valence-electron chi connectivity index (χ1n) is 4.17. The Balaban J connectivity index is 2.47. The fourth-order valence-corrected chi connectivity index (χ4v) is 1.27. The van der Waals surface area contributed by atoms with Gasteiger partial charge in [0.25, 0.3) is 0 Å². The topological polar surface area (TPSA) is 9.23 Å². The molecule has 1 aromatic carbocycles. The fourth-order valence-electron chi connectivity index (χ4n) is 1.00. The zero-order valence-corrected chi connectivity index (χ0v) is 9.22. The largest absolute Gasteiger partial charge is 0.490 e. The zero-order chi connectivity index (χ0) is 10.6. The molecule has 0 fully saturated rings. The highest BCUT2D eigenvalue weighted by molar-refractivity contribution is 9.10. The van der Waals surface area contributed by atoms with Gasteiger partial charge in [-0.3, -0.25) is 0 Å². The molecule has 0 saturated heterocycles. The minimum Gasteiger partial charge on any atom is -0.490 e. The SMILES string of the molecule is CC(C[C](F)F)Oc1ccc(Br)cc1. The number of rotatable bonds is 4. The third-order valence-corrected chi connectivity index (χ3v) is 2.12. The first-order valence-corrected chi connectivity index (χ1v) is 4.96. The van der Waals surface area contributed by atoms with Crippen molar-refractivity contribution in [3.63, 3.8) is 0 Å². The van der Waals surface area contributed by atoms with Crippen molar-refractivity contribution in [1.29, 1.82) is 0 Å². The maximum Gasteiger partial charge on any atom is 0.313 e.